The highest BCUT2D eigenvalue weighted by atomic mass is 35.5. The highest BCUT2D eigenvalue weighted by molar-refractivity contribution is 6.33. The molecule has 0 unspecified atom stereocenters. The highest BCUT2D eigenvalue weighted by Gasteiger charge is 2.10. The van der Waals surface area contributed by atoms with Crippen molar-refractivity contribution in [2.75, 3.05) is 10.6 Å². The molecular formula is C19H17ClN4O. The van der Waals surface area contributed by atoms with E-state index in [1.165, 1.54) is 12.4 Å². The quantitative estimate of drug-likeness (QED) is 0.711. The number of anilines is 3. The number of aromatic nitrogens is 2. The first-order chi connectivity index (χ1) is 12.0. The third-order valence-corrected chi connectivity index (χ3v) is 3.83. The first-order valence-corrected chi connectivity index (χ1v) is 8.12. The lowest BCUT2D eigenvalue weighted by atomic mass is 10.1. The molecule has 3 rings (SSSR count). The van der Waals surface area contributed by atoms with Crippen LogP contribution in [0.2, 0.25) is 5.02 Å². The Labute approximate surface area is 151 Å². The number of amides is 1. The van der Waals surface area contributed by atoms with E-state index in [2.05, 4.69) is 26.7 Å². The normalized spacial score (nSPS) is 10.4. The summed E-state index contributed by atoms with van der Waals surface area (Å²) in [7, 11) is 0. The van der Waals surface area contributed by atoms with Crippen LogP contribution in [0.3, 0.4) is 0 Å². The molecular weight excluding hydrogens is 336 g/mol. The van der Waals surface area contributed by atoms with Crippen LogP contribution in [0.4, 0.5) is 17.2 Å². The number of nitrogens with zero attached hydrogens (tertiary/aromatic N) is 2. The standard InChI is InChI=1S/C19H17ClN4O/c1-12-7-13(2)9-14(8-12)23-18-11-21-17(10-22-18)19(25)24-16-6-4-3-5-15(16)20/h3-11H,1-2H3,(H,22,23)(H,24,25). The zero-order valence-electron chi connectivity index (χ0n) is 13.9. The highest BCUT2D eigenvalue weighted by Crippen LogP contribution is 2.21. The molecule has 0 saturated carbocycles. The Bertz CT molecular complexity index is 889. The molecule has 1 aromatic heterocycles. The second-order valence-electron chi connectivity index (χ2n) is 5.72. The number of carbonyl (C=O) groups is 1. The van der Waals surface area contributed by atoms with E-state index < -0.39 is 0 Å². The summed E-state index contributed by atoms with van der Waals surface area (Å²) in [5, 5.41) is 6.37. The van der Waals surface area contributed by atoms with Gasteiger partial charge in [0.15, 0.2) is 0 Å². The number of nitrogens with one attached hydrogen (secondary N) is 2. The van der Waals surface area contributed by atoms with E-state index >= 15 is 0 Å². The van der Waals surface area contributed by atoms with E-state index in [9.17, 15) is 4.79 Å². The van der Waals surface area contributed by atoms with Gasteiger partial charge < -0.3 is 10.6 Å². The van der Waals surface area contributed by atoms with Crippen molar-refractivity contribution in [3.63, 3.8) is 0 Å². The fourth-order valence-corrected chi connectivity index (χ4v) is 2.64. The molecule has 3 aromatic rings. The maximum Gasteiger partial charge on any atom is 0.275 e. The van der Waals surface area contributed by atoms with E-state index in [4.69, 9.17) is 11.6 Å². The number of aryl methyl sites for hydroxylation is 2. The van der Waals surface area contributed by atoms with Crippen LogP contribution >= 0.6 is 11.6 Å². The Morgan fingerprint density at radius 3 is 2.36 bits per heavy atom. The van der Waals surface area contributed by atoms with Gasteiger partial charge in [-0.25, -0.2) is 9.97 Å². The number of carbonyl (C=O) groups excluding carboxylic acids is 1. The monoisotopic (exact) mass is 352 g/mol. The Morgan fingerprint density at radius 2 is 1.72 bits per heavy atom. The zero-order valence-corrected chi connectivity index (χ0v) is 14.6. The number of para-hydroxylation sites is 1. The number of rotatable bonds is 4. The van der Waals surface area contributed by atoms with Gasteiger partial charge in [-0.15, -0.1) is 0 Å². The summed E-state index contributed by atoms with van der Waals surface area (Å²) in [4.78, 5) is 20.6. The van der Waals surface area contributed by atoms with E-state index in [1.807, 2.05) is 26.0 Å². The fourth-order valence-electron chi connectivity index (χ4n) is 2.45. The van der Waals surface area contributed by atoms with Gasteiger partial charge in [0, 0.05) is 5.69 Å². The van der Waals surface area contributed by atoms with Gasteiger partial charge in [-0.1, -0.05) is 29.8 Å². The summed E-state index contributed by atoms with van der Waals surface area (Å²) in [6.45, 7) is 4.07. The average Bonchev–Trinajstić information content (AvgIpc) is 2.56. The smallest absolute Gasteiger partial charge is 0.275 e. The molecule has 0 atom stereocenters. The Morgan fingerprint density at radius 1 is 1.00 bits per heavy atom. The molecule has 126 valence electrons. The van der Waals surface area contributed by atoms with Crippen LogP contribution in [0.1, 0.15) is 21.6 Å². The number of hydrogen-bond donors (Lipinski definition) is 2. The molecule has 25 heavy (non-hydrogen) atoms. The summed E-state index contributed by atoms with van der Waals surface area (Å²) in [6.07, 6.45) is 2.95. The molecule has 0 aliphatic heterocycles. The summed E-state index contributed by atoms with van der Waals surface area (Å²) < 4.78 is 0. The van der Waals surface area contributed by atoms with Gasteiger partial charge in [0.2, 0.25) is 0 Å². The summed E-state index contributed by atoms with van der Waals surface area (Å²) in [6, 6.07) is 13.2. The Balaban J connectivity index is 1.71. The molecule has 0 aliphatic carbocycles. The van der Waals surface area contributed by atoms with E-state index in [0.717, 1.165) is 16.8 Å². The minimum Gasteiger partial charge on any atom is -0.339 e. The second-order valence-corrected chi connectivity index (χ2v) is 6.13. The lowest BCUT2D eigenvalue weighted by Gasteiger charge is -2.09. The van der Waals surface area contributed by atoms with Crippen LogP contribution in [0.5, 0.6) is 0 Å². The maximum absolute atomic E-state index is 12.2. The van der Waals surface area contributed by atoms with Crippen molar-refractivity contribution in [1.82, 2.24) is 9.97 Å². The van der Waals surface area contributed by atoms with E-state index in [0.29, 0.717) is 16.5 Å². The molecule has 2 aromatic carbocycles. The largest absolute Gasteiger partial charge is 0.339 e. The molecule has 1 heterocycles. The molecule has 0 aliphatic rings. The minimum atomic E-state index is -0.362. The molecule has 0 spiro atoms. The summed E-state index contributed by atoms with van der Waals surface area (Å²) in [5.74, 6) is 0.206. The van der Waals surface area contributed by atoms with E-state index in [1.54, 1.807) is 24.3 Å². The van der Waals surface area contributed by atoms with Gasteiger partial charge in [-0.3, -0.25) is 4.79 Å². The van der Waals surface area contributed by atoms with Crippen molar-refractivity contribution in [3.8, 4) is 0 Å². The molecule has 6 heteroatoms. The van der Waals surface area contributed by atoms with Crippen LogP contribution in [-0.2, 0) is 0 Å². The minimum absolute atomic E-state index is 0.214. The number of halogens is 1. The van der Waals surface area contributed by atoms with E-state index in [-0.39, 0.29) is 11.6 Å². The number of benzene rings is 2. The van der Waals surface area contributed by atoms with Crippen LogP contribution < -0.4 is 10.6 Å². The van der Waals surface area contributed by atoms with Crippen molar-refractivity contribution < 1.29 is 4.79 Å². The molecule has 0 radical (unpaired) electrons. The predicted molar refractivity (Wildman–Crippen MR) is 101 cm³/mol. The molecule has 0 fully saturated rings. The third kappa shape index (κ3) is 4.33. The Kier molecular flexibility index (Phi) is 4.95. The number of hydrogen-bond acceptors (Lipinski definition) is 4. The van der Waals surface area contributed by atoms with Gasteiger partial charge in [0.05, 0.1) is 23.1 Å². The second kappa shape index (κ2) is 7.32. The molecule has 0 saturated heterocycles. The van der Waals surface area contributed by atoms with Gasteiger partial charge in [0.25, 0.3) is 5.91 Å². The zero-order chi connectivity index (χ0) is 17.8. The topological polar surface area (TPSA) is 66.9 Å². The van der Waals surface area contributed by atoms with Crippen molar-refractivity contribution in [1.29, 1.82) is 0 Å². The first-order valence-electron chi connectivity index (χ1n) is 7.74. The molecule has 1 amide bonds. The SMILES string of the molecule is Cc1cc(C)cc(Nc2cnc(C(=O)Nc3ccccc3Cl)cn2)c1. The first kappa shape index (κ1) is 16.9. The lowest BCUT2D eigenvalue weighted by Crippen LogP contribution is -2.14. The van der Waals surface area contributed by atoms with Crippen LogP contribution in [-0.4, -0.2) is 15.9 Å². The molecule has 5 nitrogen and oxygen atoms in total. The van der Waals surface area contributed by atoms with Crippen molar-refractivity contribution >= 4 is 34.7 Å². The van der Waals surface area contributed by atoms with Crippen LogP contribution in [0, 0.1) is 13.8 Å². The maximum atomic E-state index is 12.2. The third-order valence-electron chi connectivity index (χ3n) is 3.50. The van der Waals surface area contributed by atoms with Gasteiger partial charge >= 0.3 is 0 Å². The predicted octanol–water partition coefficient (Wildman–Crippen LogP) is 4.74. The average molecular weight is 353 g/mol. The van der Waals surface area contributed by atoms with Crippen LogP contribution in [0.25, 0.3) is 0 Å². The summed E-state index contributed by atoms with van der Waals surface area (Å²) >= 11 is 6.04. The van der Waals surface area contributed by atoms with Crippen molar-refractivity contribution in [3.05, 3.63) is 76.7 Å². The fraction of sp³-hybridized carbons (Fsp3) is 0.105. The lowest BCUT2D eigenvalue weighted by molar-refractivity contribution is 0.102. The van der Waals surface area contributed by atoms with Crippen LogP contribution in [0.15, 0.2) is 54.9 Å². The van der Waals surface area contributed by atoms with Gasteiger partial charge in [0.1, 0.15) is 11.5 Å². The van der Waals surface area contributed by atoms with Crippen molar-refractivity contribution in [2.24, 2.45) is 0 Å². The van der Waals surface area contributed by atoms with Gasteiger partial charge in [-0.2, -0.15) is 0 Å². The van der Waals surface area contributed by atoms with Gasteiger partial charge in [-0.05, 0) is 49.2 Å². The molecule has 2 N–H and O–H groups in total. The Hall–Kier alpha value is -2.92. The van der Waals surface area contributed by atoms with Crippen molar-refractivity contribution in [2.45, 2.75) is 13.8 Å². The summed E-state index contributed by atoms with van der Waals surface area (Å²) in [5.41, 5.74) is 4.00. The molecule has 0 bridgehead atoms.